The maximum absolute atomic E-state index is 11.2. The quantitative estimate of drug-likeness (QED) is 0.679. The van der Waals surface area contributed by atoms with Crippen LogP contribution in [-0.4, -0.2) is 29.3 Å². The average Bonchev–Trinajstić information content (AvgIpc) is 2.36. The molecule has 20 heavy (non-hydrogen) atoms. The number of hydrogen-bond donors (Lipinski definition) is 1. The van der Waals surface area contributed by atoms with Gasteiger partial charge in [0, 0.05) is 12.0 Å². The van der Waals surface area contributed by atoms with Gasteiger partial charge in [-0.05, 0) is 11.5 Å². The summed E-state index contributed by atoms with van der Waals surface area (Å²) in [6.07, 6.45) is -0.472. The predicted molar refractivity (Wildman–Crippen MR) is 73.3 cm³/mol. The van der Waals surface area contributed by atoms with E-state index < -0.39 is 11.0 Å². The zero-order chi connectivity index (χ0) is 14.9. The van der Waals surface area contributed by atoms with Crippen molar-refractivity contribution in [2.24, 2.45) is 5.41 Å². The third-order valence-electron chi connectivity index (χ3n) is 3.35. The molecule has 1 N–H and O–H groups in total. The smallest absolute Gasteiger partial charge is 0.276 e. The van der Waals surface area contributed by atoms with Gasteiger partial charge in [-0.3, -0.25) is 10.1 Å². The van der Waals surface area contributed by atoms with E-state index in [0.717, 1.165) is 0 Å². The molecule has 0 saturated carbocycles. The van der Waals surface area contributed by atoms with Crippen LogP contribution < -0.4 is 9.47 Å². The Morgan fingerprint density at radius 1 is 1.30 bits per heavy atom. The molecule has 1 aliphatic heterocycles. The van der Waals surface area contributed by atoms with E-state index in [-0.39, 0.29) is 17.5 Å². The molecule has 0 amide bonds. The van der Waals surface area contributed by atoms with Crippen LogP contribution in [-0.2, 0) is 6.42 Å². The van der Waals surface area contributed by atoms with Crippen LogP contribution in [0, 0.1) is 15.5 Å². The van der Waals surface area contributed by atoms with Crippen LogP contribution in [0.4, 0.5) is 5.69 Å². The number of benzene rings is 1. The second kappa shape index (κ2) is 5.28. The second-order valence-corrected chi connectivity index (χ2v) is 5.97. The van der Waals surface area contributed by atoms with E-state index in [4.69, 9.17) is 9.47 Å². The molecule has 1 unspecified atom stereocenters. The fourth-order valence-corrected chi connectivity index (χ4v) is 1.97. The third-order valence-corrected chi connectivity index (χ3v) is 3.35. The van der Waals surface area contributed by atoms with Crippen molar-refractivity contribution in [2.45, 2.75) is 33.3 Å². The Kier molecular flexibility index (Phi) is 3.85. The van der Waals surface area contributed by atoms with Crippen LogP contribution in [0.15, 0.2) is 12.1 Å². The Bertz CT molecular complexity index is 521. The molecular weight excluding hydrogens is 262 g/mol. The number of nitro benzene ring substituents is 1. The highest BCUT2D eigenvalue weighted by Crippen LogP contribution is 2.38. The van der Waals surface area contributed by atoms with Crippen molar-refractivity contribution in [3.05, 3.63) is 27.8 Å². The molecule has 2 rings (SSSR count). The van der Waals surface area contributed by atoms with Gasteiger partial charge in [0.15, 0.2) is 11.5 Å². The average molecular weight is 281 g/mol. The first kappa shape index (κ1) is 14.6. The highest BCUT2D eigenvalue weighted by atomic mass is 16.6. The number of nitro groups is 1. The Labute approximate surface area is 117 Å². The molecule has 0 bridgehead atoms. The summed E-state index contributed by atoms with van der Waals surface area (Å²) in [7, 11) is 0. The molecule has 0 radical (unpaired) electrons. The SMILES string of the molecule is CC(C)(C)C(O)Cc1cc2c(cc1[N+](=O)[O-])OCCO2. The lowest BCUT2D eigenvalue weighted by Crippen LogP contribution is -2.28. The highest BCUT2D eigenvalue weighted by Gasteiger charge is 2.28. The highest BCUT2D eigenvalue weighted by molar-refractivity contribution is 5.55. The van der Waals surface area contributed by atoms with E-state index in [1.165, 1.54) is 6.07 Å². The van der Waals surface area contributed by atoms with Gasteiger partial charge in [0.2, 0.25) is 0 Å². The van der Waals surface area contributed by atoms with Gasteiger partial charge in [-0.2, -0.15) is 0 Å². The molecule has 6 heteroatoms. The van der Waals surface area contributed by atoms with E-state index in [9.17, 15) is 15.2 Å². The largest absolute Gasteiger partial charge is 0.486 e. The van der Waals surface area contributed by atoms with E-state index in [1.54, 1.807) is 6.07 Å². The van der Waals surface area contributed by atoms with E-state index in [1.807, 2.05) is 20.8 Å². The summed E-state index contributed by atoms with van der Waals surface area (Å²) >= 11 is 0. The summed E-state index contributed by atoms with van der Waals surface area (Å²) in [6.45, 7) is 6.48. The summed E-state index contributed by atoms with van der Waals surface area (Å²) in [5.41, 5.74) is 0.0698. The number of ether oxygens (including phenoxy) is 2. The second-order valence-electron chi connectivity index (χ2n) is 5.97. The summed E-state index contributed by atoms with van der Waals surface area (Å²) in [6, 6.07) is 2.97. The first-order valence-corrected chi connectivity index (χ1v) is 6.54. The third kappa shape index (κ3) is 3.01. The van der Waals surface area contributed by atoms with E-state index in [2.05, 4.69) is 0 Å². The van der Waals surface area contributed by atoms with Gasteiger partial charge in [0.1, 0.15) is 13.2 Å². The van der Waals surface area contributed by atoms with Crippen molar-refractivity contribution in [1.29, 1.82) is 0 Å². The van der Waals surface area contributed by atoms with Crippen LogP contribution >= 0.6 is 0 Å². The van der Waals surface area contributed by atoms with E-state index >= 15 is 0 Å². The minimum atomic E-state index is -0.677. The number of aliphatic hydroxyl groups is 1. The maximum Gasteiger partial charge on any atom is 0.276 e. The molecular formula is C14H19NO5. The fourth-order valence-electron chi connectivity index (χ4n) is 1.97. The van der Waals surface area contributed by atoms with Crippen molar-refractivity contribution in [2.75, 3.05) is 13.2 Å². The Balaban J connectivity index is 2.37. The van der Waals surface area contributed by atoms with Crippen molar-refractivity contribution in [1.82, 2.24) is 0 Å². The molecule has 110 valence electrons. The number of rotatable bonds is 3. The maximum atomic E-state index is 11.2. The zero-order valence-corrected chi connectivity index (χ0v) is 11.9. The van der Waals surface area contributed by atoms with Crippen LogP contribution in [0.25, 0.3) is 0 Å². The fraction of sp³-hybridized carbons (Fsp3) is 0.571. The molecule has 1 heterocycles. The van der Waals surface area contributed by atoms with Gasteiger partial charge >= 0.3 is 0 Å². The molecule has 0 aliphatic carbocycles. The van der Waals surface area contributed by atoms with Crippen molar-refractivity contribution < 1.29 is 19.5 Å². The predicted octanol–water partition coefficient (Wildman–Crippen LogP) is 2.32. The molecule has 1 aromatic carbocycles. The minimum absolute atomic E-state index is 0.0439. The topological polar surface area (TPSA) is 81.8 Å². The Morgan fingerprint density at radius 2 is 1.85 bits per heavy atom. The van der Waals surface area contributed by atoms with Crippen LogP contribution in [0.3, 0.4) is 0 Å². The Morgan fingerprint density at radius 3 is 2.35 bits per heavy atom. The molecule has 0 aromatic heterocycles. The summed E-state index contributed by atoms with van der Waals surface area (Å²) in [5.74, 6) is 0.884. The normalized spacial score (nSPS) is 15.8. The minimum Gasteiger partial charge on any atom is -0.486 e. The number of hydrogen-bond acceptors (Lipinski definition) is 5. The first-order valence-electron chi connectivity index (χ1n) is 6.54. The van der Waals surface area contributed by atoms with Gasteiger partial charge < -0.3 is 14.6 Å². The molecule has 6 nitrogen and oxygen atoms in total. The van der Waals surface area contributed by atoms with Crippen molar-refractivity contribution >= 4 is 5.69 Å². The van der Waals surface area contributed by atoms with Crippen molar-refractivity contribution in [3.63, 3.8) is 0 Å². The van der Waals surface area contributed by atoms with Crippen LogP contribution in [0.2, 0.25) is 0 Å². The van der Waals surface area contributed by atoms with E-state index in [0.29, 0.717) is 30.3 Å². The Hall–Kier alpha value is -1.82. The molecule has 1 atom stereocenters. The lowest BCUT2D eigenvalue weighted by molar-refractivity contribution is -0.385. The van der Waals surface area contributed by atoms with Crippen LogP contribution in [0.1, 0.15) is 26.3 Å². The monoisotopic (exact) mass is 281 g/mol. The van der Waals surface area contributed by atoms with Crippen LogP contribution in [0.5, 0.6) is 11.5 Å². The molecule has 1 aromatic rings. The summed E-state index contributed by atoms with van der Waals surface area (Å²) < 4.78 is 10.8. The van der Waals surface area contributed by atoms with Crippen molar-refractivity contribution in [3.8, 4) is 11.5 Å². The molecule has 0 spiro atoms. The van der Waals surface area contributed by atoms with Gasteiger partial charge in [0.25, 0.3) is 5.69 Å². The lowest BCUT2D eigenvalue weighted by atomic mass is 9.85. The molecule has 0 saturated heterocycles. The standard InChI is InChI=1S/C14H19NO5/c1-14(2,3)13(16)7-9-6-11-12(20-5-4-19-11)8-10(9)15(17)18/h6,8,13,16H,4-5,7H2,1-3H3. The molecule has 0 fully saturated rings. The summed E-state index contributed by atoms with van der Waals surface area (Å²) in [5, 5.41) is 21.3. The van der Waals surface area contributed by atoms with Gasteiger partial charge in [-0.25, -0.2) is 0 Å². The first-order chi connectivity index (χ1) is 9.29. The zero-order valence-electron chi connectivity index (χ0n) is 11.9. The summed E-state index contributed by atoms with van der Waals surface area (Å²) in [4.78, 5) is 10.7. The van der Waals surface area contributed by atoms with Gasteiger partial charge in [0.05, 0.1) is 17.1 Å². The van der Waals surface area contributed by atoms with Gasteiger partial charge in [-0.1, -0.05) is 20.8 Å². The number of aliphatic hydroxyl groups excluding tert-OH is 1. The number of fused-ring (bicyclic) bond motifs is 1. The number of nitrogens with zero attached hydrogens (tertiary/aromatic N) is 1. The molecule has 1 aliphatic rings. The van der Waals surface area contributed by atoms with Gasteiger partial charge in [-0.15, -0.1) is 0 Å². The lowest BCUT2D eigenvalue weighted by Gasteiger charge is -2.26.